The van der Waals surface area contributed by atoms with Crippen LogP contribution in [0.5, 0.6) is 5.75 Å². The van der Waals surface area contributed by atoms with Crippen LogP contribution in [0.1, 0.15) is 16.7 Å². The molecule has 3 aromatic carbocycles. The van der Waals surface area contributed by atoms with Crippen molar-refractivity contribution in [2.24, 2.45) is 0 Å². The van der Waals surface area contributed by atoms with Gasteiger partial charge in [-0.1, -0.05) is 57.9 Å². The lowest BCUT2D eigenvalue weighted by atomic mass is 10.1. The number of hydrogen-bond acceptors (Lipinski definition) is 5. The fraction of sp³-hybridized carbons (Fsp3) is 0.115. The molecule has 0 saturated carbocycles. The van der Waals surface area contributed by atoms with Gasteiger partial charge in [0, 0.05) is 10.0 Å². The lowest BCUT2D eigenvalue weighted by molar-refractivity contribution is -0.127. The number of amides is 3. The van der Waals surface area contributed by atoms with E-state index >= 15 is 0 Å². The van der Waals surface area contributed by atoms with Crippen molar-refractivity contribution in [1.29, 1.82) is 0 Å². The highest BCUT2D eigenvalue weighted by molar-refractivity contribution is 9.10. The number of imide groups is 1. The molecule has 4 rings (SSSR count). The van der Waals surface area contributed by atoms with Crippen molar-refractivity contribution < 1.29 is 23.5 Å². The Hall–Kier alpha value is -3.43. The Morgan fingerprint density at radius 1 is 1.11 bits per heavy atom. The van der Waals surface area contributed by atoms with Crippen molar-refractivity contribution in [3.63, 3.8) is 0 Å². The Balaban J connectivity index is 1.48. The molecule has 3 amide bonds. The Labute approximate surface area is 214 Å². The average Bonchev–Trinajstić information content (AvgIpc) is 3.08. The predicted octanol–water partition coefficient (Wildman–Crippen LogP) is 6.15. The molecule has 1 aliphatic rings. The number of para-hydroxylation sites is 1. The fourth-order valence-corrected chi connectivity index (χ4v) is 4.49. The smallest absolute Gasteiger partial charge is 0.294 e. The summed E-state index contributed by atoms with van der Waals surface area (Å²) in [6, 6.07) is 19.0. The Kier molecular flexibility index (Phi) is 7.67. The Bertz CT molecular complexity index is 1330. The van der Waals surface area contributed by atoms with Crippen molar-refractivity contribution in [3.05, 3.63) is 98.6 Å². The van der Waals surface area contributed by atoms with Crippen LogP contribution < -0.4 is 10.1 Å². The highest BCUT2D eigenvalue weighted by atomic mass is 79.9. The molecular weight excluding hydrogens is 535 g/mol. The SMILES string of the molecule is Cc1ccc(COc2ccc(Br)cc2/C=C2\SC(=O)N(CC(=O)Nc3ccccc3F)C2=O)cc1. The Morgan fingerprint density at radius 2 is 1.86 bits per heavy atom. The van der Waals surface area contributed by atoms with E-state index in [1.54, 1.807) is 24.3 Å². The van der Waals surface area contributed by atoms with Crippen molar-refractivity contribution >= 4 is 56.5 Å². The molecule has 0 spiro atoms. The molecule has 1 aliphatic heterocycles. The lowest BCUT2D eigenvalue weighted by Gasteiger charge is -2.13. The van der Waals surface area contributed by atoms with Crippen molar-refractivity contribution in [1.82, 2.24) is 4.90 Å². The van der Waals surface area contributed by atoms with Crippen molar-refractivity contribution in [3.8, 4) is 5.75 Å². The summed E-state index contributed by atoms with van der Waals surface area (Å²) >= 11 is 4.15. The van der Waals surface area contributed by atoms with Gasteiger partial charge in [0.25, 0.3) is 11.1 Å². The molecule has 9 heteroatoms. The van der Waals surface area contributed by atoms with E-state index in [0.29, 0.717) is 17.9 Å². The van der Waals surface area contributed by atoms with Gasteiger partial charge in [0.05, 0.1) is 10.6 Å². The number of aryl methyl sites for hydroxylation is 1. The zero-order chi connectivity index (χ0) is 24.9. The maximum Gasteiger partial charge on any atom is 0.294 e. The number of rotatable bonds is 7. The molecular formula is C26H20BrFN2O4S. The maximum absolute atomic E-state index is 13.8. The van der Waals surface area contributed by atoms with E-state index < -0.39 is 29.4 Å². The Morgan fingerprint density at radius 3 is 2.60 bits per heavy atom. The summed E-state index contributed by atoms with van der Waals surface area (Å²) in [5.74, 6) is -1.35. The number of carbonyl (C=O) groups is 3. The summed E-state index contributed by atoms with van der Waals surface area (Å²) < 4.78 is 20.5. The molecule has 35 heavy (non-hydrogen) atoms. The van der Waals surface area contributed by atoms with E-state index in [1.165, 1.54) is 18.2 Å². The lowest BCUT2D eigenvalue weighted by Crippen LogP contribution is -2.36. The summed E-state index contributed by atoms with van der Waals surface area (Å²) in [4.78, 5) is 38.7. The number of benzene rings is 3. The van der Waals surface area contributed by atoms with Crippen LogP contribution in [-0.2, 0) is 16.2 Å². The van der Waals surface area contributed by atoms with Crippen LogP contribution in [-0.4, -0.2) is 28.5 Å². The topological polar surface area (TPSA) is 75.7 Å². The summed E-state index contributed by atoms with van der Waals surface area (Å²) in [5.41, 5.74) is 2.72. The minimum atomic E-state index is -0.678. The first-order valence-corrected chi connectivity index (χ1v) is 12.2. The zero-order valence-electron chi connectivity index (χ0n) is 18.6. The predicted molar refractivity (Wildman–Crippen MR) is 137 cm³/mol. The van der Waals surface area contributed by atoms with Crippen LogP contribution in [0.2, 0.25) is 0 Å². The van der Waals surface area contributed by atoms with Gasteiger partial charge in [-0.25, -0.2) is 4.39 Å². The fourth-order valence-electron chi connectivity index (χ4n) is 3.28. The van der Waals surface area contributed by atoms with Gasteiger partial charge in [-0.15, -0.1) is 0 Å². The molecule has 6 nitrogen and oxygen atoms in total. The molecule has 0 atom stereocenters. The molecule has 1 saturated heterocycles. The summed E-state index contributed by atoms with van der Waals surface area (Å²) in [6.45, 7) is 1.82. The molecule has 0 aliphatic carbocycles. The number of nitrogens with one attached hydrogen (secondary N) is 1. The summed E-state index contributed by atoms with van der Waals surface area (Å²) in [7, 11) is 0. The van der Waals surface area contributed by atoms with Gasteiger partial charge in [-0.3, -0.25) is 19.3 Å². The third kappa shape index (κ3) is 6.17. The number of anilines is 1. The number of nitrogens with zero attached hydrogens (tertiary/aromatic N) is 1. The molecule has 178 valence electrons. The van der Waals surface area contributed by atoms with Gasteiger partial charge in [0.1, 0.15) is 24.7 Å². The van der Waals surface area contributed by atoms with Crippen LogP contribution in [0.3, 0.4) is 0 Å². The van der Waals surface area contributed by atoms with Crippen LogP contribution in [0.4, 0.5) is 14.9 Å². The van der Waals surface area contributed by atoms with Gasteiger partial charge in [-0.2, -0.15) is 0 Å². The molecule has 0 radical (unpaired) electrons. The normalized spacial score (nSPS) is 14.5. The van der Waals surface area contributed by atoms with Gasteiger partial charge in [-0.05, 0) is 60.7 Å². The molecule has 1 N–H and O–H groups in total. The summed E-state index contributed by atoms with van der Waals surface area (Å²) in [6.07, 6.45) is 1.56. The van der Waals surface area contributed by atoms with E-state index in [2.05, 4.69) is 21.2 Å². The minimum absolute atomic E-state index is 0.0236. The van der Waals surface area contributed by atoms with E-state index in [1.807, 2.05) is 37.3 Å². The molecule has 1 heterocycles. The van der Waals surface area contributed by atoms with Gasteiger partial charge in [0.2, 0.25) is 5.91 Å². The van der Waals surface area contributed by atoms with Crippen molar-refractivity contribution in [2.45, 2.75) is 13.5 Å². The number of thioether (sulfide) groups is 1. The highest BCUT2D eigenvalue weighted by Gasteiger charge is 2.36. The first-order chi connectivity index (χ1) is 16.8. The third-order valence-corrected chi connectivity index (χ3v) is 6.50. The minimum Gasteiger partial charge on any atom is -0.488 e. The number of carbonyl (C=O) groups excluding carboxylic acids is 3. The summed E-state index contributed by atoms with van der Waals surface area (Å²) in [5, 5.41) is 1.80. The van der Waals surface area contributed by atoms with Gasteiger partial charge in [0.15, 0.2) is 0 Å². The molecule has 0 aromatic heterocycles. The second-order valence-corrected chi connectivity index (χ2v) is 9.66. The highest BCUT2D eigenvalue weighted by Crippen LogP contribution is 2.35. The molecule has 3 aromatic rings. The first-order valence-electron chi connectivity index (χ1n) is 10.6. The van der Waals surface area contributed by atoms with Gasteiger partial charge < -0.3 is 10.1 Å². The van der Waals surface area contributed by atoms with E-state index in [9.17, 15) is 18.8 Å². The maximum atomic E-state index is 13.8. The standard InChI is InChI=1S/C26H20BrFN2O4S/c1-16-6-8-17(9-7-16)15-34-22-11-10-19(27)12-18(22)13-23-25(32)30(26(33)35-23)14-24(31)29-21-5-3-2-4-20(21)28/h2-13H,14-15H2,1H3,(H,29,31)/b23-13-. The zero-order valence-corrected chi connectivity index (χ0v) is 21.0. The monoisotopic (exact) mass is 554 g/mol. The van der Waals surface area contributed by atoms with Gasteiger partial charge >= 0.3 is 0 Å². The number of hydrogen-bond donors (Lipinski definition) is 1. The van der Waals surface area contributed by atoms with Crippen molar-refractivity contribution in [2.75, 3.05) is 11.9 Å². The molecule has 1 fully saturated rings. The molecule has 0 unspecified atom stereocenters. The second kappa shape index (κ2) is 10.9. The molecule has 0 bridgehead atoms. The first kappa shape index (κ1) is 24.7. The van der Waals surface area contributed by atoms with E-state index in [-0.39, 0.29) is 10.6 Å². The van der Waals surface area contributed by atoms with Crippen LogP contribution in [0, 0.1) is 12.7 Å². The number of ether oxygens (including phenoxy) is 1. The van der Waals surface area contributed by atoms with Crippen LogP contribution in [0.15, 0.2) is 76.1 Å². The van der Waals surface area contributed by atoms with Crippen LogP contribution in [0.25, 0.3) is 6.08 Å². The largest absolute Gasteiger partial charge is 0.488 e. The van der Waals surface area contributed by atoms with E-state index in [0.717, 1.165) is 32.3 Å². The number of halogens is 2. The van der Waals surface area contributed by atoms with Crippen LogP contribution >= 0.6 is 27.7 Å². The second-order valence-electron chi connectivity index (χ2n) is 7.75. The average molecular weight is 555 g/mol. The third-order valence-electron chi connectivity index (χ3n) is 5.10. The van der Waals surface area contributed by atoms with E-state index in [4.69, 9.17) is 4.74 Å². The quantitative estimate of drug-likeness (QED) is 0.354.